The third-order valence-corrected chi connectivity index (χ3v) is 3.45. The predicted octanol–water partition coefficient (Wildman–Crippen LogP) is 1.96. The number of benzene rings is 1. The van der Waals surface area contributed by atoms with Crippen molar-refractivity contribution in [1.82, 2.24) is 10.2 Å². The van der Waals surface area contributed by atoms with E-state index in [0.717, 1.165) is 19.5 Å². The van der Waals surface area contributed by atoms with Gasteiger partial charge >= 0.3 is 0 Å². The lowest BCUT2D eigenvalue weighted by molar-refractivity contribution is -0.116. The van der Waals surface area contributed by atoms with Gasteiger partial charge in [0.1, 0.15) is 11.5 Å². The van der Waals surface area contributed by atoms with Gasteiger partial charge in [0.25, 0.3) is 0 Å². The normalized spacial score (nSPS) is 12.1. The fraction of sp³-hybridized carbons (Fsp3) is 0.588. The highest BCUT2D eigenvalue weighted by Crippen LogP contribution is 2.28. The molecule has 0 aliphatic carbocycles. The molecule has 0 aromatic heterocycles. The molecular weight excluding hydrogens is 294 g/mol. The molecule has 130 valence electrons. The molecule has 6 nitrogen and oxygen atoms in total. The zero-order valence-corrected chi connectivity index (χ0v) is 14.8. The van der Waals surface area contributed by atoms with E-state index >= 15 is 0 Å². The average Bonchev–Trinajstić information content (AvgIpc) is 2.51. The highest BCUT2D eigenvalue weighted by Gasteiger charge is 2.12. The molecule has 1 amide bonds. The van der Waals surface area contributed by atoms with E-state index in [1.165, 1.54) is 0 Å². The summed E-state index contributed by atoms with van der Waals surface area (Å²) in [5.74, 6) is 1.24. The van der Waals surface area contributed by atoms with Gasteiger partial charge in [-0.05, 0) is 52.7 Å². The molecule has 0 saturated carbocycles. The van der Waals surface area contributed by atoms with Gasteiger partial charge in [-0.1, -0.05) is 0 Å². The quantitative estimate of drug-likeness (QED) is 0.645. The summed E-state index contributed by atoms with van der Waals surface area (Å²) < 4.78 is 10.4. The topological polar surface area (TPSA) is 62.8 Å². The molecule has 1 aromatic rings. The summed E-state index contributed by atoms with van der Waals surface area (Å²) in [6.07, 6.45) is 1.46. The summed E-state index contributed by atoms with van der Waals surface area (Å²) in [5, 5.41) is 6.25. The zero-order valence-electron chi connectivity index (χ0n) is 14.8. The van der Waals surface area contributed by atoms with Crippen molar-refractivity contribution < 1.29 is 14.3 Å². The Kier molecular flexibility index (Phi) is 8.43. The standard InChI is InChI=1S/C17H29N3O3/c1-13(18-9-6-10-20(2)3)11-17(21)19-15-12-14(22-4)7-8-16(15)23-5/h7-8,12-13,18H,6,9-11H2,1-5H3,(H,19,21). The first-order chi connectivity index (χ1) is 11.0. The number of methoxy groups -OCH3 is 2. The van der Waals surface area contributed by atoms with Crippen LogP contribution in [0.2, 0.25) is 0 Å². The monoisotopic (exact) mass is 323 g/mol. The molecule has 1 unspecified atom stereocenters. The molecule has 2 N–H and O–H groups in total. The molecule has 0 aliphatic rings. The van der Waals surface area contributed by atoms with Crippen LogP contribution >= 0.6 is 0 Å². The Morgan fingerprint density at radius 1 is 1.26 bits per heavy atom. The van der Waals surface area contributed by atoms with E-state index in [1.807, 2.05) is 6.92 Å². The maximum Gasteiger partial charge on any atom is 0.226 e. The Labute approximate surface area is 139 Å². The molecule has 0 aliphatic heterocycles. The van der Waals surface area contributed by atoms with Crippen LogP contribution in [0.3, 0.4) is 0 Å². The Morgan fingerprint density at radius 3 is 2.61 bits per heavy atom. The molecule has 23 heavy (non-hydrogen) atoms. The number of hydrogen-bond donors (Lipinski definition) is 2. The maximum atomic E-state index is 12.2. The minimum absolute atomic E-state index is 0.0517. The van der Waals surface area contributed by atoms with Crippen molar-refractivity contribution in [1.29, 1.82) is 0 Å². The van der Waals surface area contributed by atoms with Gasteiger partial charge < -0.3 is 25.0 Å². The molecule has 0 radical (unpaired) electrons. The van der Waals surface area contributed by atoms with E-state index in [-0.39, 0.29) is 11.9 Å². The molecule has 6 heteroatoms. The van der Waals surface area contributed by atoms with Crippen molar-refractivity contribution in [2.45, 2.75) is 25.8 Å². The molecule has 0 saturated heterocycles. The lowest BCUT2D eigenvalue weighted by Gasteiger charge is -2.16. The Bertz CT molecular complexity index is 492. The first-order valence-corrected chi connectivity index (χ1v) is 7.86. The van der Waals surface area contributed by atoms with Crippen molar-refractivity contribution in [3.63, 3.8) is 0 Å². The third-order valence-electron chi connectivity index (χ3n) is 3.45. The van der Waals surface area contributed by atoms with Crippen LogP contribution in [-0.4, -0.2) is 58.3 Å². The number of hydrogen-bond acceptors (Lipinski definition) is 5. The number of anilines is 1. The molecule has 0 fully saturated rings. The fourth-order valence-electron chi connectivity index (χ4n) is 2.21. The lowest BCUT2D eigenvalue weighted by Crippen LogP contribution is -2.32. The number of nitrogens with zero attached hydrogens (tertiary/aromatic N) is 1. The number of ether oxygens (including phenoxy) is 2. The van der Waals surface area contributed by atoms with E-state index < -0.39 is 0 Å². The highest BCUT2D eigenvalue weighted by molar-refractivity contribution is 5.92. The van der Waals surface area contributed by atoms with Crippen LogP contribution in [0.1, 0.15) is 19.8 Å². The second-order valence-corrected chi connectivity index (χ2v) is 5.83. The van der Waals surface area contributed by atoms with Crippen LogP contribution in [0, 0.1) is 0 Å². The average molecular weight is 323 g/mol. The van der Waals surface area contributed by atoms with Crippen molar-refractivity contribution in [3.8, 4) is 11.5 Å². The first kappa shape index (κ1) is 19.3. The lowest BCUT2D eigenvalue weighted by atomic mass is 10.2. The largest absolute Gasteiger partial charge is 0.497 e. The van der Waals surface area contributed by atoms with Crippen molar-refractivity contribution >= 4 is 11.6 Å². The molecule has 1 aromatic carbocycles. The van der Waals surface area contributed by atoms with Crippen LogP contribution in [-0.2, 0) is 4.79 Å². The SMILES string of the molecule is COc1ccc(OC)c(NC(=O)CC(C)NCCCN(C)C)c1. The van der Waals surface area contributed by atoms with Gasteiger partial charge in [0, 0.05) is 18.5 Å². The first-order valence-electron chi connectivity index (χ1n) is 7.86. The smallest absolute Gasteiger partial charge is 0.226 e. The van der Waals surface area contributed by atoms with E-state index in [1.54, 1.807) is 32.4 Å². The summed E-state index contributed by atoms with van der Waals surface area (Å²) in [7, 11) is 7.27. The Balaban J connectivity index is 2.46. The summed E-state index contributed by atoms with van der Waals surface area (Å²) in [6.45, 7) is 3.94. The minimum atomic E-state index is -0.0517. The Morgan fingerprint density at radius 2 is 2.00 bits per heavy atom. The number of nitrogens with one attached hydrogen (secondary N) is 2. The van der Waals surface area contributed by atoms with Crippen LogP contribution in [0.25, 0.3) is 0 Å². The van der Waals surface area contributed by atoms with Crippen molar-refractivity contribution in [2.75, 3.05) is 46.7 Å². The van der Waals surface area contributed by atoms with Crippen LogP contribution in [0.4, 0.5) is 5.69 Å². The predicted molar refractivity (Wildman–Crippen MR) is 93.4 cm³/mol. The summed E-state index contributed by atoms with van der Waals surface area (Å²) in [4.78, 5) is 14.3. The summed E-state index contributed by atoms with van der Waals surface area (Å²) in [5.41, 5.74) is 0.622. The van der Waals surface area contributed by atoms with Gasteiger partial charge in [0.15, 0.2) is 0 Å². The molecular formula is C17H29N3O3. The second-order valence-electron chi connectivity index (χ2n) is 5.83. The van der Waals surface area contributed by atoms with Crippen LogP contribution < -0.4 is 20.1 Å². The molecule has 0 heterocycles. The summed E-state index contributed by atoms with van der Waals surface area (Å²) >= 11 is 0. The van der Waals surface area contributed by atoms with Gasteiger partial charge in [-0.25, -0.2) is 0 Å². The number of carbonyl (C=O) groups excluding carboxylic acids is 1. The molecule has 0 bridgehead atoms. The van der Waals surface area contributed by atoms with Crippen molar-refractivity contribution in [3.05, 3.63) is 18.2 Å². The van der Waals surface area contributed by atoms with E-state index in [0.29, 0.717) is 23.6 Å². The Hall–Kier alpha value is -1.79. The summed E-state index contributed by atoms with van der Waals surface area (Å²) in [6, 6.07) is 5.45. The highest BCUT2D eigenvalue weighted by atomic mass is 16.5. The van der Waals surface area contributed by atoms with Gasteiger partial charge in [-0.15, -0.1) is 0 Å². The zero-order chi connectivity index (χ0) is 17.2. The van der Waals surface area contributed by atoms with Crippen LogP contribution in [0.5, 0.6) is 11.5 Å². The third kappa shape index (κ3) is 7.34. The number of rotatable bonds is 10. The van der Waals surface area contributed by atoms with E-state index in [4.69, 9.17) is 9.47 Å². The minimum Gasteiger partial charge on any atom is -0.497 e. The van der Waals surface area contributed by atoms with E-state index in [9.17, 15) is 4.79 Å². The van der Waals surface area contributed by atoms with E-state index in [2.05, 4.69) is 29.6 Å². The maximum absolute atomic E-state index is 12.2. The molecule has 0 spiro atoms. The number of carbonyl (C=O) groups is 1. The molecule has 1 atom stereocenters. The number of amides is 1. The van der Waals surface area contributed by atoms with Gasteiger partial charge in [0.05, 0.1) is 19.9 Å². The van der Waals surface area contributed by atoms with Gasteiger partial charge in [-0.3, -0.25) is 4.79 Å². The van der Waals surface area contributed by atoms with Gasteiger partial charge in [-0.2, -0.15) is 0 Å². The second kappa shape index (κ2) is 10.1. The van der Waals surface area contributed by atoms with Crippen molar-refractivity contribution in [2.24, 2.45) is 0 Å². The van der Waals surface area contributed by atoms with Gasteiger partial charge in [0.2, 0.25) is 5.91 Å². The van der Waals surface area contributed by atoms with Crippen LogP contribution in [0.15, 0.2) is 18.2 Å². The molecule has 1 rings (SSSR count). The fourth-order valence-corrected chi connectivity index (χ4v) is 2.21.